The van der Waals surface area contributed by atoms with Crippen molar-refractivity contribution in [3.63, 3.8) is 0 Å². The molecular weight excluding hydrogens is 188 g/mol. The first-order valence-electron chi connectivity index (χ1n) is 6.10. The van der Waals surface area contributed by atoms with Gasteiger partial charge in [0, 0.05) is 19.0 Å². The van der Waals surface area contributed by atoms with Crippen molar-refractivity contribution in [2.45, 2.75) is 32.1 Å². The molecule has 0 aliphatic heterocycles. The number of hydrogen-bond acceptors (Lipinski definition) is 3. The van der Waals surface area contributed by atoms with Crippen LogP contribution in [0.1, 0.15) is 32.1 Å². The van der Waals surface area contributed by atoms with Crippen LogP contribution in [0.2, 0.25) is 0 Å². The van der Waals surface area contributed by atoms with Crippen LogP contribution in [0.15, 0.2) is 0 Å². The average Bonchev–Trinajstić information content (AvgIpc) is 2.27. The Balaban J connectivity index is 2.21. The van der Waals surface area contributed by atoms with Crippen molar-refractivity contribution < 1.29 is 4.79 Å². The van der Waals surface area contributed by atoms with Crippen molar-refractivity contribution in [2.75, 3.05) is 33.7 Å². The third-order valence-corrected chi connectivity index (χ3v) is 3.23. The Morgan fingerprint density at radius 1 is 1.33 bits per heavy atom. The Hall–Kier alpha value is -0.410. The fourth-order valence-electron chi connectivity index (χ4n) is 2.20. The van der Waals surface area contributed by atoms with Crippen LogP contribution in [-0.4, -0.2) is 44.4 Å². The van der Waals surface area contributed by atoms with E-state index in [1.54, 1.807) is 0 Å². The van der Waals surface area contributed by atoms with Gasteiger partial charge >= 0.3 is 0 Å². The maximum atomic E-state index is 11.9. The summed E-state index contributed by atoms with van der Waals surface area (Å²) in [5, 5.41) is 3.10. The number of carbonyl (C=O) groups excluding carboxylic acids is 1. The van der Waals surface area contributed by atoms with Gasteiger partial charge < -0.3 is 5.32 Å². The van der Waals surface area contributed by atoms with E-state index in [0.29, 0.717) is 18.2 Å². The Morgan fingerprint density at radius 2 is 2.00 bits per heavy atom. The van der Waals surface area contributed by atoms with Crippen LogP contribution in [-0.2, 0) is 4.79 Å². The van der Waals surface area contributed by atoms with Crippen molar-refractivity contribution >= 4 is 5.78 Å². The Bertz CT molecular complexity index is 188. The molecule has 0 radical (unpaired) electrons. The smallest absolute Gasteiger partial charge is 0.149 e. The van der Waals surface area contributed by atoms with Crippen LogP contribution in [0, 0.1) is 5.92 Å². The lowest BCUT2D eigenvalue weighted by Gasteiger charge is -2.23. The van der Waals surface area contributed by atoms with Gasteiger partial charge in [0.1, 0.15) is 5.78 Å². The molecule has 1 saturated carbocycles. The lowest BCUT2D eigenvalue weighted by molar-refractivity contribution is -0.124. The van der Waals surface area contributed by atoms with Gasteiger partial charge in [0.25, 0.3) is 0 Å². The summed E-state index contributed by atoms with van der Waals surface area (Å²) in [5.41, 5.74) is 0. The van der Waals surface area contributed by atoms with Crippen LogP contribution in [0.4, 0.5) is 0 Å². The second kappa shape index (κ2) is 6.96. The molecule has 0 heterocycles. The molecule has 1 aliphatic rings. The molecule has 0 unspecified atom stereocenters. The third kappa shape index (κ3) is 4.76. The second-order valence-electron chi connectivity index (χ2n) is 4.64. The number of hydrogen-bond donors (Lipinski definition) is 1. The summed E-state index contributed by atoms with van der Waals surface area (Å²) in [4.78, 5) is 14.0. The Kier molecular flexibility index (Phi) is 5.88. The molecule has 0 aromatic rings. The van der Waals surface area contributed by atoms with E-state index in [2.05, 4.69) is 10.2 Å². The third-order valence-electron chi connectivity index (χ3n) is 3.23. The number of rotatable bonds is 6. The van der Waals surface area contributed by atoms with Gasteiger partial charge in [0.05, 0.1) is 6.54 Å². The van der Waals surface area contributed by atoms with Crippen LogP contribution in [0.25, 0.3) is 0 Å². The molecule has 0 aromatic carbocycles. The van der Waals surface area contributed by atoms with Crippen molar-refractivity contribution in [1.82, 2.24) is 10.2 Å². The maximum absolute atomic E-state index is 11.9. The van der Waals surface area contributed by atoms with E-state index in [1.807, 2.05) is 14.1 Å². The first kappa shape index (κ1) is 12.7. The quantitative estimate of drug-likeness (QED) is 0.720. The Morgan fingerprint density at radius 3 is 2.60 bits per heavy atom. The fraction of sp³-hybridized carbons (Fsp3) is 0.917. The number of carbonyl (C=O) groups is 1. The molecule has 88 valence electrons. The maximum Gasteiger partial charge on any atom is 0.149 e. The van der Waals surface area contributed by atoms with Gasteiger partial charge in [-0.05, 0) is 26.9 Å². The summed E-state index contributed by atoms with van der Waals surface area (Å²) < 4.78 is 0. The summed E-state index contributed by atoms with van der Waals surface area (Å²) in [6, 6.07) is 0. The first-order chi connectivity index (χ1) is 7.24. The molecule has 3 nitrogen and oxygen atoms in total. The molecule has 1 N–H and O–H groups in total. The number of likely N-dealkylation sites (N-methyl/N-ethyl adjacent to an activating group) is 2. The second-order valence-corrected chi connectivity index (χ2v) is 4.64. The molecule has 1 aliphatic carbocycles. The van der Waals surface area contributed by atoms with Gasteiger partial charge in [-0.3, -0.25) is 9.69 Å². The predicted octanol–water partition coefficient (Wildman–Crippen LogP) is 1.29. The monoisotopic (exact) mass is 212 g/mol. The van der Waals surface area contributed by atoms with Gasteiger partial charge in [-0.2, -0.15) is 0 Å². The number of Topliss-reactive ketones (excluding diaryl/α,β-unsaturated/α-hetero) is 1. The van der Waals surface area contributed by atoms with Crippen molar-refractivity contribution in [3.8, 4) is 0 Å². The van der Waals surface area contributed by atoms with E-state index in [1.165, 1.54) is 19.3 Å². The van der Waals surface area contributed by atoms with Gasteiger partial charge in [-0.1, -0.05) is 19.3 Å². The van der Waals surface area contributed by atoms with E-state index in [4.69, 9.17) is 0 Å². The minimum atomic E-state index is 0.357. The summed E-state index contributed by atoms with van der Waals surface area (Å²) in [5.74, 6) is 0.809. The number of nitrogens with one attached hydrogen (secondary N) is 1. The van der Waals surface area contributed by atoms with E-state index < -0.39 is 0 Å². The van der Waals surface area contributed by atoms with Crippen LogP contribution in [0.3, 0.4) is 0 Å². The lowest BCUT2D eigenvalue weighted by Crippen LogP contribution is -2.35. The SMILES string of the molecule is CNCCN(C)CC(=O)C1CCCCC1. The van der Waals surface area contributed by atoms with Crippen molar-refractivity contribution in [2.24, 2.45) is 5.92 Å². The lowest BCUT2D eigenvalue weighted by atomic mass is 9.86. The molecule has 0 aromatic heterocycles. The number of nitrogens with zero attached hydrogens (tertiary/aromatic N) is 1. The predicted molar refractivity (Wildman–Crippen MR) is 63.0 cm³/mol. The Labute approximate surface area is 93.2 Å². The highest BCUT2D eigenvalue weighted by Crippen LogP contribution is 2.24. The zero-order chi connectivity index (χ0) is 11.1. The molecular formula is C12H24N2O. The summed E-state index contributed by atoms with van der Waals surface area (Å²) >= 11 is 0. The normalized spacial score (nSPS) is 18.3. The molecule has 1 rings (SSSR count). The molecule has 0 spiro atoms. The van der Waals surface area contributed by atoms with Gasteiger partial charge in [0.2, 0.25) is 0 Å². The molecule has 1 fully saturated rings. The minimum absolute atomic E-state index is 0.357. The highest BCUT2D eigenvalue weighted by molar-refractivity contribution is 5.82. The molecule has 15 heavy (non-hydrogen) atoms. The zero-order valence-corrected chi connectivity index (χ0v) is 10.1. The summed E-state index contributed by atoms with van der Waals surface area (Å²) in [6.07, 6.45) is 6.06. The van der Waals surface area contributed by atoms with Gasteiger partial charge in [0.15, 0.2) is 0 Å². The van der Waals surface area contributed by atoms with Crippen molar-refractivity contribution in [3.05, 3.63) is 0 Å². The van der Waals surface area contributed by atoms with Crippen LogP contribution >= 0.6 is 0 Å². The topological polar surface area (TPSA) is 32.3 Å². The summed E-state index contributed by atoms with van der Waals surface area (Å²) in [6.45, 7) is 2.54. The van der Waals surface area contributed by atoms with E-state index in [9.17, 15) is 4.79 Å². The molecule has 0 saturated heterocycles. The van der Waals surface area contributed by atoms with Gasteiger partial charge in [-0.25, -0.2) is 0 Å². The van der Waals surface area contributed by atoms with E-state index in [-0.39, 0.29) is 0 Å². The summed E-state index contributed by atoms with van der Waals surface area (Å²) in [7, 11) is 3.97. The van der Waals surface area contributed by atoms with E-state index >= 15 is 0 Å². The van der Waals surface area contributed by atoms with E-state index in [0.717, 1.165) is 25.9 Å². The van der Waals surface area contributed by atoms with Crippen LogP contribution in [0.5, 0.6) is 0 Å². The fourth-order valence-corrected chi connectivity index (χ4v) is 2.20. The molecule has 0 atom stereocenters. The largest absolute Gasteiger partial charge is 0.318 e. The minimum Gasteiger partial charge on any atom is -0.318 e. The van der Waals surface area contributed by atoms with Crippen LogP contribution < -0.4 is 5.32 Å². The molecule has 0 amide bonds. The molecule has 3 heteroatoms. The van der Waals surface area contributed by atoms with Crippen molar-refractivity contribution in [1.29, 1.82) is 0 Å². The molecule has 0 bridgehead atoms. The highest BCUT2D eigenvalue weighted by atomic mass is 16.1. The zero-order valence-electron chi connectivity index (χ0n) is 10.1. The standard InChI is InChI=1S/C12H24N2O/c1-13-8-9-14(2)10-12(15)11-6-4-3-5-7-11/h11,13H,3-10H2,1-2H3. The van der Waals surface area contributed by atoms with Gasteiger partial charge in [-0.15, -0.1) is 0 Å². The highest BCUT2D eigenvalue weighted by Gasteiger charge is 2.21. The average molecular weight is 212 g/mol. The first-order valence-corrected chi connectivity index (χ1v) is 6.10. The number of ketones is 1.